The summed E-state index contributed by atoms with van der Waals surface area (Å²) in [7, 11) is 0. The number of H-pyrrole nitrogens is 1. The van der Waals surface area contributed by atoms with E-state index < -0.39 is 0 Å². The predicted molar refractivity (Wildman–Crippen MR) is 79.8 cm³/mol. The fourth-order valence-corrected chi connectivity index (χ4v) is 2.41. The monoisotopic (exact) mass is 301 g/mol. The Bertz CT molecular complexity index is 719. The number of rotatable bonds is 5. The number of benzene rings is 1. The number of hydrogen-bond acceptors (Lipinski definition) is 6. The SMILES string of the molecule is CCc1nc(SCc2nc(-c3ccc(C)cc3)no2)n[nH]1. The van der Waals surface area contributed by atoms with Gasteiger partial charge in [-0.15, -0.1) is 5.10 Å². The number of nitrogens with zero attached hydrogens (tertiary/aromatic N) is 4. The fraction of sp³-hybridized carbons (Fsp3) is 0.286. The van der Waals surface area contributed by atoms with E-state index in [9.17, 15) is 0 Å². The van der Waals surface area contributed by atoms with Crippen molar-refractivity contribution in [2.24, 2.45) is 0 Å². The Hall–Kier alpha value is -2.15. The molecule has 0 amide bonds. The second-order valence-electron chi connectivity index (χ2n) is 4.58. The van der Waals surface area contributed by atoms with Gasteiger partial charge >= 0.3 is 0 Å². The average Bonchev–Trinajstić information content (AvgIpc) is 3.15. The minimum atomic E-state index is 0.555. The normalized spacial score (nSPS) is 11.0. The number of nitrogens with one attached hydrogen (secondary N) is 1. The maximum atomic E-state index is 5.26. The van der Waals surface area contributed by atoms with Gasteiger partial charge in [-0.3, -0.25) is 5.10 Å². The minimum absolute atomic E-state index is 0.555. The molecule has 3 aromatic rings. The van der Waals surface area contributed by atoms with Crippen LogP contribution in [0.2, 0.25) is 0 Å². The Kier molecular flexibility index (Phi) is 4.01. The zero-order chi connectivity index (χ0) is 14.7. The molecule has 1 N–H and O–H groups in total. The van der Waals surface area contributed by atoms with E-state index in [0.29, 0.717) is 22.6 Å². The quantitative estimate of drug-likeness (QED) is 0.730. The highest BCUT2D eigenvalue weighted by Crippen LogP contribution is 2.21. The summed E-state index contributed by atoms with van der Waals surface area (Å²) in [5, 5.41) is 11.7. The summed E-state index contributed by atoms with van der Waals surface area (Å²) < 4.78 is 5.26. The Morgan fingerprint density at radius 2 is 2.00 bits per heavy atom. The predicted octanol–water partition coefficient (Wildman–Crippen LogP) is 3.02. The fourth-order valence-electron chi connectivity index (χ4n) is 1.76. The molecule has 0 saturated heterocycles. The van der Waals surface area contributed by atoms with Crippen LogP contribution < -0.4 is 0 Å². The van der Waals surface area contributed by atoms with Crippen molar-refractivity contribution in [3.05, 3.63) is 41.5 Å². The summed E-state index contributed by atoms with van der Waals surface area (Å²) in [5.74, 6) is 2.61. The zero-order valence-electron chi connectivity index (χ0n) is 11.8. The maximum absolute atomic E-state index is 5.26. The molecule has 0 aliphatic rings. The van der Waals surface area contributed by atoms with Gasteiger partial charge < -0.3 is 4.52 Å². The van der Waals surface area contributed by atoms with Gasteiger partial charge in [-0.25, -0.2) is 4.98 Å². The third kappa shape index (κ3) is 3.30. The molecule has 2 heterocycles. The van der Waals surface area contributed by atoms with Crippen LogP contribution in [0.15, 0.2) is 33.9 Å². The van der Waals surface area contributed by atoms with Crippen LogP contribution in [-0.4, -0.2) is 25.3 Å². The molecule has 7 heteroatoms. The first-order valence-electron chi connectivity index (χ1n) is 6.68. The molecule has 0 saturated carbocycles. The smallest absolute Gasteiger partial charge is 0.237 e. The molecule has 21 heavy (non-hydrogen) atoms. The second-order valence-corrected chi connectivity index (χ2v) is 5.53. The first-order chi connectivity index (χ1) is 10.2. The van der Waals surface area contributed by atoms with Crippen LogP contribution in [0.25, 0.3) is 11.4 Å². The van der Waals surface area contributed by atoms with Gasteiger partial charge in [-0.2, -0.15) is 4.98 Å². The standard InChI is InChI=1S/C14H15N5OS/c1-3-11-15-14(18-17-11)21-8-12-16-13(19-20-12)10-6-4-9(2)5-7-10/h4-7H,3,8H2,1-2H3,(H,15,17,18). The van der Waals surface area contributed by atoms with Crippen LogP contribution in [0.4, 0.5) is 0 Å². The summed E-state index contributed by atoms with van der Waals surface area (Å²) in [4.78, 5) is 8.71. The summed E-state index contributed by atoms with van der Waals surface area (Å²) in [5.41, 5.74) is 2.15. The lowest BCUT2D eigenvalue weighted by Gasteiger charge is -1.94. The Morgan fingerprint density at radius 1 is 1.19 bits per heavy atom. The molecule has 3 rings (SSSR count). The number of hydrogen-bond donors (Lipinski definition) is 1. The summed E-state index contributed by atoms with van der Waals surface area (Å²) in [6, 6.07) is 8.03. The van der Waals surface area contributed by atoms with E-state index >= 15 is 0 Å². The van der Waals surface area contributed by atoms with Gasteiger partial charge in [0, 0.05) is 12.0 Å². The molecule has 6 nitrogen and oxygen atoms in total. The van der Waals surface area contributed by atoms with Crippen molar-refractivity contribution >= 4 is 11.8 Å². The number of aromatic nitrogens is 5. The van der Waals surface area contributed by atoms with Crippen molar-refractivity contribution in [3.63, 3.8) is 0 Å². The van der Waals surface area contributed by atoms with Crippen molar-refractivity contribution in [2.45, 2.75) is 31.2 Å². The average molecular weight is 301 g/mol. The Labute approximate surface area is 126 Å². The third-order valence-electron chi connectivity index (χ3n) is 2.95. The van der Waals surface area contributed by atoms with Crippen molar-refractivity contribution in [1.29, 1.82) is 0 Å². The highest BCUT2D eigenvalue weighted by atomic mass is 32.2. The third-order valence-corrected chi connectivity index (χ3v) is 3.78. The van der Waals surface area contributed by atoms with Gasteiger partial charge in [0.05, 0.1) is 5.75 Å². The van der Waals surface area contributed by atoms with E-state index in [0.717, 1.165) is 17.8 Å². The highest BCUT2D eigenvalue weighted by molar-refractivity contribution is 7.98. The van der Waals surface area contributed by atoms with E-state index in [1.165, 1.54) is 17.3 Å². The van der Waals surface area contributed by atoms with E-state index in [4.69, 9.17) is 4.52 Å². The van der Waals surface area contributed by atoms with Crippen LogP contribution in [0.3, 0.4) is 0 Å². The van der Waals surface area contributed by atoms with Crippen LogP contribution in [0, 0.1) is 6.92 Å². The van der Waals surface area contributed by atoms with Crippen molar-refractivity contribution in [1.82, 2.24) is 25.3 Å². The van der Waals surface area contributed by atoms with Gasteiger partial charge in [0.25, 0.3) is 0 Å². The molecular formula is C14H15N5OS. The Balaban J connectivity index is 1.66. The highest BCUT2D eigenvalue weighted by Gasteiger charge is 2.10. The molecule has 0 fully saturated rings. The number of thioether (sulfide) groups is 1. The van der Waals surface area contributed by atoms with Gasteiger partial charge in [-0.05, 0) is 6.92 Å². The summed E-state index contributed by atoms with van der Waals surface area (Å²) in [6.07, 6.45) is 0.839. The van der Waals surface area contributed by atoms with Crippen LogP contribution in [0.1, 0.15) is 24.2 Å². The lowest BCUT2D eigenvalue weighted by molar-refractivity contribution is 0.391. The molecule has 0 bridgehead atoms. The minimum Gasteiger partial charge on any atom is -0.338 e. The van der Waals surface area contributed by atoms with Gasteiger partial charge in [-0.1, -0.05) is 53.7 Å². The molecule has 2 aromatic heterocycles. The largest absolute Gasteiger partial charge is 0.338 e. The van der Waals surface area contributed by atoms with Gasteiger partial charge in [0.2, 0.25) is 16.9 Å². The molecule has 1 aromatic carbocycles. The van der Waals surface area contributed by atoms with Gasteiger partial charge in [0.1, 0.15) is 5.82 Å². The molecule has 0 spiro atoms. The second kappa shape index (κ2) is 6.09. The first kappa shape index (κ1) is 13.8. The summed E-state index contributed by atoms with van der Waals surface area (Å²) >= 11 is 1.47. The topological polar surface area (TPSA) is 80.5 Å². The van der Waals surface area contributed by atoms with Crippen LogP contribution in [-0.2, 0) is 12.2 Å². The van der Waals surface area contributed by atoms with Gasteiger partial charge in [0.15, 0.2) is 0 Å². The van der Waals surface area contributed by atoms with Crippen molar-refractivity contribution in [2.75, 3.05) is 0 Å². The number of aryl methyl sites for hydroxylation is 2. The van der Waals surface area contributed by atoms with E-state index in [1.807, 2.05) is 38.1 Å². The summed E-state index contributed by atoms with van der Waals surface area (Å²) in [6.45, 7) is 4.07. The lowest BCUT2D eigenvalue weighted by Crippen LogP contribution is -1.84. The molecule has 0 atom stereocenters. The van der Waals surface area contributed by atoms with Crippen LogP contribution >= 0.6 is 11.8 Å². The first-order valence-corrected chi connectivity index (χ1v) is 7.67. The lowest BCUT2D eigenvalue weighted by atomic mass is 10.1. The van der Waals surface area contributed by atoms with Crippen LogP contribution in [0.5, 0.6) is 0 Å². The van der Waals surface area contributed by atoms with E-state index in [2.05, 4.69) is 25.3 Å². The zero-order valence-corrected chi connectivity index (χ0v) is 12.6. The molecule has 108 valence electrons. The van der Waals surface area contributed by atoms with E-state index in [1.54, 1.807) is 0 Å². The molecule has 0 aliphatic heterocycles. The molecule has 0 aliphatic carbocycles. The maximum Gasteiger partial charge on any atom is 0.237 e. The van der Waals surface area contributed by atoms with E-state index in [-0.39, 0.29) is 0 Å². The number of aromatic amines is 1. The molecule has 0 unspecified atom stereocenters. The Morgan fingerprint density at radius 3 is 2.71 bits per heavy atom. The van der Waals surface area contributed by atoms with Crippen molar-refractivity contribution in [3.8, 4) is 11.4 Å². The molecule has 0 radical (unpaired) electrons. The molecular weight excluding hydrogens is 286 g/mol. The van der Waals surface area contributed by atoms with Crippen molar-refractivity contribution < 1.29 is 4.52 Å².